The minimum atomic E-state index is -2.42. The smallest absolute Gasteiger partial charge is 0.329 e. The minimum Gasteiger partial charge on any atom is -0.460 e. The minimum absolute atomic E-state index is 0.00654. The fourth-order valence-corrected chi connectivity index (χ4v) is 10.7. The Hall–Kier alpha value is -3.37. The van der Waals surface area contributed by atoms with Gasteiger partial charge in [-0.05, 0) is 101 Å². The van der Waals surface area contributed by atoms with Crippen LogP contribution in [0.4, 0.5) is 0 Å². The zero-order valence-corrected chi connectivity index (χ0v) is 43.0. The fourth-order valence-electron chi connectivity index (χ4n) is 10.7. The molecule has 0 aromatic carbocycles. The predicted octanol–water partition coefficient (Wildman–Crippen LogP) is 7.47. The second kappa shape index (κ2) is 27.3. The van der Waals surface area contributed by atoms with Crippen molar-refractivity contribution in [3.05, 3.63) is 47.6 Å². The van der Waals surface area contributed by atoms with Crippen molar-refractivity contribution >= 4 is 29.2 Å². The number of aliphatic hydroxyl groups is 2. The molecule has 2 N–H and O–H groups in total. The molecule has 2 saturated heterocycles. The molecule has 1 saturated carbocycles. The molecule has 1 amide bonds. The molecule has 2 bridgehead atoms. The van der Waals surface area contributed by atoms with Gasteiger partial charge >= 0.3 is 5.97 Å². The number of amides is 1. The van der Waals surface area contributed by atoms with Crippen LogP contribution in [0.1, 0.15) is 132 Å². The van der Waals surface area contributed by atoms with E-state index in [1.165, 1.54) is 12.0 Å². The Bertz CT molecular complexity index is 1810. The number of Topliss-reactive ketones (excluding diaryl/α,β-unsaturated/α-hetero) is 3. The van der Waals surface area contributed by atoms with Crippen LogP contribution in [0.25, 0.3) is 0 Å². The van der Waals surface area contributed by atoms with E-state index in [0.717, 1.165) is 24.0 Å². The number of aliphatic hydroxyl groups excluding tert-OH is 1. The zero-order valence-electron chi connectivity index (χ0n) is 43.0. The summed E-state index contributed by atoms with van der Waals surface area (Å²) < 4.78 is 35.9. The third-order valence-corrected chi connectivity index (χ3v) is 15.3. The molecule has 4 rings (SSSR count). The maximum atomic E-state index is 14.5. The highest BCUT2D eigenvalue weighted by Gasteiger charge is 2.53. The monoisotopic (exact) mass is 956 g/mol. The van der Waals surface area contributed by atoms with E-state index < -0.39 is 65.7 Å². The van der Waals surface area contributed by atoms with Gasteiger partial charge < -0.3 is 43.5 Å². The van der Waals surface area contributed by atoms with Gasteiger partial charge in [0, 0.05) is 64.4 Å². The number of rotatable bonds is 9. The highest BCUT2D eigenvalue weighted by Crippen LogP contribution is 2.38. The average molecular weight is 956 g/mol. The first-order valence-electron chi connectivity index (χ1n) is 25.3. The van der Waals surface area contributed by atoms with Crippen molar-refractivity contribution < 1.29 is 62.6 Å². The summed E-state index contributed by atoms with van der Waals surface area (Å²) >= 11 is 0. The predicted molar refractivity (Wildman–Crippen MR) is 259 cm³/mol. The first-order valence-corrected chi connectivity index (χ1v) is 25.3. The fraction of sp³-hybridized carbons (Fsp3) is 0.759. The summed E-state index contributed by atoms with van der Waals surface area (Å²) in [5.74, 6) is -7.32. The SMILES string of the molecule is CO[C@H]1C[C@@H]2CC[C@@H](C)[C@@](O)(O2)C(=O)C(=O)N2CCCC[C@H]2C(=O)OC([C@H](C)C[C@@H]2CC[C@H](OCCO)[C@H](OC)C2)CC(=O)[C@H](C)/C=C(\C)[C@@H](C)[C@@H](OC)C(=O)[C@H](C)C[C@H](C)/C=C/C=CC=C1C. The Labute approximate surface area is 406 Å². The average Bonchev–Trinajstić information content (AvgIpc) is 3.32. The Morgan fingerprint density at radius 3 is 2.25 bits per heavy atom. The van der Waals surface area contributed by atoms with Crippen LogP contribution in [-0.4, -0.2) is 134 Å². The van der Waals surface area contributed by atoms with Gasteiger partial charge in [0.15, 0.2) is 5.78 Å². The lowest BCUT2D eigenvalue weighted by Gasteiger charge is -2.42. The van der Waals surface area contributed by atoms with Gasteiger partial charge in [0.05, 0.1) is 37.6 Å². The quantitative estimate of drug-likeness (QED) is 0.132. The topological polar surface area (TPSA) is 184 Å². The van der Waals surface area contributed by atoms with E-state index in [2.05, 4.69) is 13.0 Å². The van der Waals surface area contributed by atoms with Crippen molar-refractivity contribution in [1.82, 2.24) is 4.90 Å². The number of ketones is 3. The maximum Gasteiger partial charge on any atom is 0.329 e. The summed E-state index contributed by atoms with van der Waals surface area (Å²) in [4.78, 5) is 72.5. The summed E-state index contributed by atoms with van der Waals surface area (Å²) in [5.41, 5.74) is 1.73. The number of allylic oxidation sites excluding steroid dienone is 6. The molecule has 15 atom stereocenters. The largest absolute Gasteiger partial charge is 0.460 e. The molecular formula is C54H85NO13. The van der Waals surface area contributed by atoms with E-state index >= 15 is 0 Å². The Morgan fingerprint density at radius 1 is 0.838 bits per heavy atom. The van der Waals surface area contributed by atoms with Gasteiger partial charge in [0.1, 0.15) is 24.0 Å². The molecule has 1 unspecified atom stereocenters. The van der Waals surface area contributed by atoms with Crippen molar-refractivity contribution in [2.75, 3.05) is 41.1 Å². The number of ether oxygens (including phenoxy) is 6. The Balaban J connectivity index is 1.70. The van der Waals surface area contributed by atoms with Gasteiger partial charge in [-0.3, -0.25) is 19.2 Å². The Kier molecular flexibility index (Phi) is 23.0. The van der Waals surface area contributed by atoms with Crippen molar-refractivity contribution in [3.8, 4) is 0 Å². The second-order valence-electron chi connectivity index (χ2n) is 20.5. The number of carbonyl (C=O) groups is 5. The van der Waals surface area contributed by atoms with Crippen LogP contribution in [-0.2, 0) is 52.4 Å². The summed E-state index contributed by atoms with van der Waals surface area (Å²) in [6.45, 7) is 15.5. The number of esters is 1. The van der Waals surface area contributed by atoms with Gasteiger partial charge in [-0.25, -0.2) is 4.79 Å². The lowest BCUT2D eigenvalue weighted by Crippen LogP contribution is -2.61. The normalized spacial score (nSPS) is 37.9. The lowest BCUT2D eigenvalue weighted by molar-refractivity contribution is -0.265. The molecule has 14 heteroatoms. The van der Waals surface area contributed by atoms with Crippen LogP contribution in [0.2, 0.25) is 0 Å². The van der Waals surface area contributed by atoms with E-state index in [-0.39, 0.29) is 86.0 Å². The van der Waals surface area contributed by atoms with Gasteiger partial charge in [0.2, 0.25) is 5.79 Å². The molecule has 1 aliphatic carbocycles. The van der Waals surface area contributed by atoms with Gasteiger partial charge in [-0.1, -0.05) is 83.6 Å². The Morgan fingerprint density at radius 2 is 1.57 bits per heavy atom. The molecule has 0 aromatic rings. The second-order valence-corrected chi connectivity index (χ2v) is 20.5. The van der Waals surface area contributed by atoms with E-state index in [1.54, 1.807) is 28.1 Å². The highest BCUT2D eigenvalue weighted by atomic mass is 16.6. The van der Waals surface area contributed by atoms with Crippen LogP contribution in [0.15, 0.2) is 47.6 Å². The molecule has 4 aliphatic rings. The lowest BCUT2D eigenvalue weighted by atomic mass is 9.78. The summed E-state index contributed by atoms with van der Waals surface area (Å²) in [5, 5.41) is 21.3. The number of methoxy groups -OCH3 is 3. The van der Waals surface area contributed by atoms with E-state index in [4.69, 9.17) is 28.4 Å². The molecule has 3 heterocycles. The third-order valence-electron chi connectivity index (χ3n) is 15.3. The van der Waals surface area contributed by atoms with Crippen molar-refractivity contribution in [3.63, 3.8) is 0 Å². The number of fused-ring (bicyclic) bond motifs is 3. The summed E-state index contributed by atoms with van der Waals surface area (Å²) in [6.07, 6.45) is 14.8. The first-order chi connectivity index (χ1) is 32.3. The summed E-state index contributed by atoms with van der Waals surface area (Å²) in [6, 6.07) is -1.11. The summed E-state index contributed by atoms with van der Waals surface area (Å²) in [7, 11) is 4.78. The number of carbonyl (C=O) groups excluding carboxylic acids is 5. The van der Waals surface area contributed by atoms with Crippen molar-refractivity contribution in [1.29, 1.82) is 0 Å². The van der Waals surface area contributed by atoms with E-state index in [9.17, 15) is 34.2 Å². The third kappa shape index (κ3) is 15.3. The number of piperidine rings is 1. The van der Waals surface area contributed by atoms with Crippen molar-refractivity contribution in [2.45, 2.75) is 181 Å². The number of hydrogen-bond acceptors (Lipinski definition) is 13. The van der Waals surface area contributed by atoms with Crippen LogP contribution in [0.3, 0.4) is 0 Å². The molecule has 3 aliphatic heterocycles. The van der Waals surface area contributed by atoms with E-state index in [0.29, 0.717) is 51.4 Å². The molecule has 3 fully saturated rings. The molecule has 0 spiro atoms. The van der Waals surface area contributed by atoms with Crippen LogP contribution in [0, 0.1) is 41.4 Å². The molecule has 384 valence electrons. The van der Waals surface area contributed by atoms with Crippen molar-refractivity contribution in [2.24, 2.45) is 41.4 Å². The van der Waals surface area contributed by atoms with Crippen LogP contribution < -0.4 is 0 Å². The molecule has 0 aromatic heterocycles. The van der Waals surface area contributed by atoms with Crippen LogP contribution >= 0.6 is 0 Å². The van der Waals surface area contributed by atoms with Gasteiger partial charge in [0.25, 0.3) is 11.7 Å². The molecule has 14 nitrogen and oxygen atoms in total. The number of hydrogen-bond donors (Lipinski definition) is 2. The van der Waals surface area contributed by atoms with Gasteiger partial charge in [-0.2, -0.15) is 0 Å². The molecule has 0 radical (unpaired) electrons. The van der Waals surface area contributed by atoms with Crippen LogP contribution in [0.5, 0.6) is 0 Å². The van der Waals surface area contributed by atoms with Gasteiger partial charge in [-0.15, -0.1) is 0 Å². The number of nitrogens with zero attached hydrogens (tertiary/aromatic N) is 1. The standard InChI is InChI=1S/C54H85NO13/c1-33-17-13-12-14-18-34(2)46(63-9)31-42-22-20-39(7)54(62,68-42)51(59)52(60)55-24-16-15-19-43(55)53(61)67-47(37(5)29-41-21-23-45(66-26-25-56)48(30-41)64-10)32-44(57)36(4)28-35(3)40(8)50(65-11)49(58)38(6)27-33/h12-14,17-18,28,33,36-43,45-48,50,56,62H,15-16,19-27,29-32H2,1-11H3/b14-12?,17-13+,34-18?,35-28+/t33-,36-,37-,38-,39-,40-,41+,42+,43+,45+,46+,47?,48-,50-,54-/m1/s1. The molecular weight excluding hydrogens is 871 g/mol. The molecule has 68 heavy (non-hydrogen) atoms. The maximum absolute atomic E-state index is 14.5. The number of cyclic esters (lactones) is 1. The highest BCUT2D eigenvalue weighted by molar-refractivity contribution is 6.39. The zero-order chi connectivity index (χ0) is 50.3. The first kappa shape index (κ1) is 57.2. The van der Waals surface area contributed by atoms with E-state index in [1.807, 2.05) is 65.0 Å².